The highest BCUT2D eigenvalue weighted by Crippen LogP contribution is 2.48. The fourth-order valence-corrected chi connectivity index (χ4v) is 3.79. The van der Waals surface area contributed by atoms with Crippen molar-refractivity contribution in [2.24, 2.45) is 5.92 Å². The first-order chi connectivity index (χ1) is 12.7. The number of piperazine rings is 1. The Bertz CT molecular complexity index is 864. The molecule has 1 aromatic heterocycles. The first-order valence-electron chi connectivity index (χ1n) is 9.12. The van der Waals surface area contributed by atoms with E-state index in [2.05, 4.69) is 47.1 Å². The van der Waals surface area contributed by atoms with Gasteiger partial charge in [-0.15, -0.1) is 0 Å². The van der Waals surface area contributed by atoms with Crippen LogP contribution in [-0.4, -0.2) is 42.0 Å². The quantitative estimate of drug-likeness (QED) is 0.857. The lowest BCUT2D eigenvalue weighted by atomic mass is 10.1. The number of carbonyl (C=O) groups excluding carboxylic acids is 1. The normalized spacial score (nSPS) is 22.0. The molecule has 1 saturated carbocycles. The van der Waals surface area contributed by atoms with Crippen molar-refractivity contribution in [3.63, 3.8) is 0 Å². The smallest absolute Gasteiger partial charge is 0.226 e. The molecule has 0 unspecified atom stereocenters. The fourth-order valence-electron chi connectivity index (χ4n) is 3.79. The number of nitriles is 1. The first-order valence-corrected chi connectivity index (χ1v) is 9.12. The van der Waals surface area contributed by atoms with E-state index in [1.807, 2.05) is 11.0 Å². The summed E-state index contributed by atoms with van der Waals surface area (Å²) in [4.78, 5) is 21.3. The zero-order valence-corrected chi connectivity index (χ0v) is 14.9. The number of amides is 1. The maximum Gasteiger partial charge on any atom is 0.226 e. The zero-order chi connectivity index (χ0) is 18.1. The van der Waals surface area contributed by atoms with Gasteiger partial charge in [-0.3, -0.25) is 4.79 Å². The second-order valence-electron chi connectivity index (χ2n) is 7.19. The predicted octanol–water partition coefficient (Wildman–Crippen LogP) is 2.71. The van der Waals surface area contributed by atoms with Crippen LogP contribution in [0.4, 0.5) is 5.82 Å². The lowest BCUT2D eigenvalue weighted by Gasteiger charge is -2.35. The lowest BCUT2D eigenvalue weighted by molar-refractivity contribution is -0.133. The Morgan fingerprint density at radius 1 is 1.19 bits per heavy atom. The molecular formula is C21H22N4O. The van der Waals surface area contributed by atoms with E-state index in [0.717, 1.165) is 25.3 Å². The molecule has 0 spiro atoms. The summed E-state index contributed by atoms with van der Waals surface area (Å²) < 4.78 is 0. The van der Waals surface area contributed by atoms with Crippen molar-refractivity contribution >= 4 is 11.7 Å². The summed E-state index contributed by atoms with van der Waals surface area (Å²) in [5.74, 6) is 1.63. The van der Waals surface area contributed by atoms with Crippen LogP contribution in [0, 0.1) is 24.2 Å². The summed E-state index contributed by atoms with van der Waals surface area (Å²) in [6.07, 6.45) is 2.64. The van der Waals surface area contributed by atoms with E-state index in [4.69, 9.17) is 5.26 Å². The molecule has 26 heavy (non-hydrogen) atoms. The second-order valence-corrected chi connectivity index (χ2v) is 7.19. The SMILES string of the molecule is Cc1cccc([C@@H]2C[C@H]2C(=O)N2CCN(c3cc(C#N)ccn3)CC2)c1. The molecule has 2 atom stereocenters. The number of aryl methyl sites for hydroxylation is 1. The molecule has 1 amide bonds. The van der Waals surface area contributed by atoms with E-state index in [-0.39, 0.29) is 11.8 Å². The largest absolute Gasteiger partial charge is 0.353 e. The zero-order valence-electron chi connectivity index (χ0n) is 14.9. The van der Waals surface area contributed by atoms with E-state index in [9.17, 15) is 4.79 Å². The third kappa shape index (κ3) is 3.28. The highest BCUT2D eigenvalue weighted by molar-refractivity contribution is 5.83. The fraction of sp³-hybridized carbons (Fsp3) is 0.381. The molecule has 2 aromatic rings. The van der Waals surface area contributed by atoms with Crippen molar-refractivity contribution in [1.29, 1.82) is 5.26 Å². The molecule has 0 bridgehead atoms. The van der Waals surface area contributed by atoms with Gasteiger partial charge < -0.3 is 9.80 Å². The number of benzene rings is 1. The van der Waals surface area contributed by atoms with Crippen molar-refractivity contribution in [2.75, 3.05) is 31.1 Å². The third-order valence-electron chi connectivity index (χ3n) is 5.37. The molecule has 0 radical (unpaired) electrons. The van der Waals surface area contributed by atoms with E-state index >= 15 is 0 Å². The van der Waals surface area contributed by atoms with Crippen molar-refractivity contribution in [3.8, 4) is 6.07 Å². The number of pyridine rings is 1. The minimum atomic E-state index is 0.142. The summed E-state index contributed by atoms with van der Waals surface area (Å²) >= 11 is 0. The summed E-state index contributed by atoms with van der Waals surface area (Å²) in [6.45, 7) is 5.05. The molecule has 1 aliphatic carbocycles. The minimum Gasteiger partial charge on any atom is -0.353 e. The molecule has 2 heterocycles. The molecular weight excluding hydrogens is 324 g/mol. The number of anilines is 1. The van der Waals surface area contributed by atoms with Gasteiger partial charge in [0, 0.05) is 38.3 Å². The number of carbonyl (C=O) groups is 1. The number of hydrogen-bond acceptors (Lipinski definition) is 4. The van der Waals surface area contributed by atoms with Gasteiger partial charge in [0.1, 0.15) is 5.82 Å². The summed E-state index contributed by atoms with van der Waals surface area (Å²) in [5, 5.41) is 9.03. The van der Waals surface area contributed by atoms with Crippen LogP contribution in [0.5, 0.6) is 0 Å². The van der Waals surface area contributed by atoms with Crippen molar-refractivity contribution < 1.29 is 4.79 Å². The number of nitrogens with zero attached hydrogens (tertiary/aromatic N) is 4. The van der Waals surface area contributed by atoms with Gasteiger partial charge in [-0.2, -0.15) is 5.26 Å². The van der Waals surface area contributed by atoms with E-state index < -0.39 is 0 Å². The van der Waals surface area contributed by atoms with Crippen LogP contribution in [0.3, 0.4) is 0 Å². The minimum absolute atomic E-state index is 0.142. The van der Waals surface area contributed by atoms with Crippen molar-refractivity contribution in [3.05, 3.63) is 59.3 Å². The molecule has 2 aliphatic rings. The van der Waals surface area contributed by atoms with Crippen LogP contribution in [0.1, 0.15) is 29.0 Å². The number of hydrogen-bond donors (Lipinski definition) is 0. The molecule has 132 valence electrons. The van der Waals surface area contributed by atoms with Gasteiger partial charge in [0.2, 0.25) is 5.91 Å². The molecule has 1 aliphatic heterocycles. The van der Waals surface area contributed by atoms with Crippen molar-refractivity contribution in [2.45, 2.75) is 19.3 Å². The Hall–Kier alpha value is -2.87. The van der Waals surface area contributed by atoms with Crippen LogP contribution in [0.15, 0.2) is 42.6 Å². The number of aromatic nitrogens is 1. The van der Waals surface area contributed by atoms with Crippen molar-refractivity contribution in [1.82, 2.24) is 9.88 Å². The standard InChI is InChI=1S/C21H22N4O/c1-15-3-2-4-17(11-15)18-13-19(18)21(26)25-9-7-24(8-10-25)20-12-16(14-22)5-6-23-20/h2-6,11-12,18-19H,7-10,13H2,1H3/t18-,19+/m0/s1. The average molecular weight is 346 g/mol. The maximum atomic E-state index is 12.8. The molecule has 0 N–H and O–H groups in total. The third-order valence-corrected chi connectivity index (χ3v) is 5.37. The molecule has 5 nitrogen and oxygen atoms in total. The Kier molecular flexibility index (Phi) is 4.34. The Morgan fingerprint density at radius 3 is 2.73 bits per heavy atom. The van der Waals surface area contributed by atoms with E-state index in [1.165, 1.54) is 11.1 Å². The first kappa shape index (κ1) is 16.6. The number of rotatable bonds is 3. The topological polar surface area (TPSA) is 60.2 Å². The van der Waals surface area contributed by atoms with Crippen LogP contribution in [-0.2, 0) is 4.79 Å². The Balaban J connectivity index is 1.35. The van der Waals surface area contributed by atoms with Gasteiger partial charge in [0.25, 0.3) is 0 Å². The highest BCUT2D eigenvalue weighted by Gasteiger charge is 2.46. The molecule has 5 heteroatoms. The monoisotopic (exact) mass is 346 g/mol. The molecule has 1 aromatic carbocycles. The van der Waals surface area contributed by atoms with Crippen LogP contribution < -0.4 is 4.90 Å². The maximum absolute atomic E-state index is 12.8. The van der Waals surface area contributed by atoms with Gasteiger partial charge in [-0.1, -0.05) is 29.8 Å². The molecule has 4 rings (SSSR count). The van der Waals surface area contributed by atoms with Crippen LogP contribution in [0.25, 0.3) is 0 Å². The van der Waals surface area contributed by atoms with Crippen LogP contribution in [0.2, 0.25) is 0 Å². The highest BCUT2D eigenvalue weighted by atomic mass is 16.2. The van der Waals surface area contributed by atoms with Gasteiger partial charge in [-0.25, -0.2) is 4.98 Å². The molecule has 1 saturated heterocycles. The Morgan fingerprint density at radius 2 is 2.00 bits per heavy atom. The Labute approximate surface area is 153 Å². The van der Waals surface area contributed by atoms with Gasteiger partial charge in [-0.05, 0) is 37.0 Å². The van der Waals surface area contributed by atoms with Crippen LogP contribution >= 0.6 is 0 Å². The van der Waals surface area contributed by atoms with Gasteiger partial charge in [0.05, 0.1) is 11.6 Å². The molecule has 2 fully saturated rings. The summed E-state index contributed by atoms with van der Waals surface area (Å²) in [6, 6.07) is 14.2. The van der Waals surface area contributed by atoms with E-state index in [1.54, 1.807) is 12.3 Å². The second kappa shape index (κ2) is 6.80. The van der Waals surface area contributed by atoms with Gasteiger partial charge >= 0.3 is 0 Å². The average Bonchev–Trinajstić information content (AvgIpc) is 3.48. The summed E-state index contributed by atoms with van der Waals surface area (Å²) in [7, 11) is 0. The summed E-state index contributed by atoms with van der Waals surface area (Å²) in [5.41, 5.74) is 3.16. The van der Waals surface area contributed by atoms with E-state index in [0.29, 0.717) is 24.6 Å². The predicted molar refractivity (Wildman–Crippen MR) is 99.8 cm³/mol. The lowest BCUT2D eigenvalue weighted by Crippen LogP contribution is -2.49. The van der Waals surface area contributed by atoms with Gasteiger partial charge in [0.15, 0.2) is 0 Å².